The lowest BCUT2D eigenvalue weighted by Gasteiger charge is -2.04. The molecular weight excluding hydrogens is 168 g/mol. The summed E-state index contributed by atoms with van der Waals surface area (Å²) in [6, 6.07) is 1.73. The summed E-state index contributed by atoms with van der Waals surface area (Å²) in [6.45, 7) is 3.07. The van der Waals surface area contributed by atoms with Crippen LogP contribution in [0, 0.1) is 12.8 Å². The first kappa shape index (κ1) is 8.51. The van der Waals surface area contributed by atoms with E-state index < -0.39 is 0 Å². The molecule has 1 aliphatic heterocycles. The molecule has 0 N–H and O–H groups in total. The molecule has 0 bridgehead atoms. The predicted octanol–water partition coefficient (Wildman–Crippen LogP) is 1.81. The van der Waals surface area contributed by atoms with Crippen molar-refractivity contribution in [2.75, 3.05) is 13.2 Å². The number of hydrogen-bond acceptors (Lipinski definition) is 3. The zero-order valence-electron chi connectivity index (χ0n) is 7.58. The average molecular weight is 180 g/mol. The average Bonchev–Trinajstić information content (AvgIpc) is 2.72. The van der Waals surface area contributed by atoms with Crippen LogP contribution in [0.25, 0.3) is 0 Å². The number of hydrogen-bond donors (Lipinski definition) is 0. The van der Waals surface area contributed by atoms with Crippen molar-refractivity contribution in [3.05, 3.63) is 23.7 Å². The number of ether oxygens (including phenoxy) is 1. The summed E-state index contributed by atoms with van der Waals surface area (Å²) >= 11 is 0. The summed E-state index contributed by atoms with van der Waals surface area (Å²) in [6.07, 6.45) is 2.39. The number of ketones is 1. The third-order valence-electron chi connectivity index (χ3n) is 2.42. The van der Waals surface area contributed by atoms with Gasteiger partial charge in [-0.15, -0.1) is 0 Å². The van der Waals surface area contributed by atoms with Gasteiger partial charge in [0.1, 0.15) is 5.76 Å². The Bertz CT molecular complexity index is 308. The van der Waals surface area contributed by atoms with E-state index in [0.717, 1.165) is 6.42 Å². The van der Waals surface area contributed by atoms with Crippen molar-refractivity contribution >= 4 is 5.78 Å². The Morgan fingerprint density at radius 1 is 1.62 bits per heavy atom. The van der Waals surface area contributed by atoms with Crippen molar-refractivity contribution in [1.82, 2.24) is 0 Å². The monoisotopic (exact) mass is 180 g/mol. The van der Waals surface area contributed by atoms with Gasteiger partial charge in [0.2, 0.25) is 0 Å². The number of rotatable bonds is 2. The third kappa shape index (κ3) is 1.52. The van der Waals surface area contributed by atoms with Crippen molar-refractivity contribution in [1.29, 1.82) is 0 Å². The fourth-order valence-corrected chi connectivity index (χ4v) is 1.60. The van der Waals surface area contributed by atoms with Crippen LogP contribution in [0.2, 0.25) is 0 Å². The number of carbonyl (C=O) groups is 1. The molecule has 2 heterocycles. The zero-order chi connectivity index (χ0) is 9.26. The Balaban J connectivity index is 2.17. The Hall–Kier alpha value is -1.09. The fraction of sp³-hybridized carbons (Fsp3) is 0.500. The van der Waals surface area contributed by atoms with Crippen LogP contribution in [0.4, 0.5) is 0 Å². The summed E-state index contributed by atoms with van der Waals surface area (Å²) in [7, 11) is 0. The lowest BCUT2D eigenvalue weighted by molar-refractivity contribution is 0.0899. The van der Waals surface area contributed by atoms with Gasteiger partial charge in [-0.2, -0.15) is 0 Å². The highest BCUT2D eigenvalue weighted by Gasteiger charge is 2.26. The summed E-state index contributed by atoms with van der Waals surface area (Å²) < 4.78 is 10.2. The minimum Gasteiger partial charge on any atom is -0.469 e. The van der Waals surface area contributed by atoms with Crippen LogP contribution in [0.15, 0.2) is 16.7 Å². The molecule has 1 saturated heterocycles. The second-order valence-corrected chi connectivity index (χ2v) is 3.32. The molecule has 1 aromatic heterocycles. The van der Waals surface area contributed by atoms with E-state index in [9.17, 15) is 4.79 Å². The molecule has 0 spiro atoms. The van der Waals surface area contributed by atoms with Gasteiger partial charge in [0.15, 0.2) is 5.78 Å². The molecule has 0 saturated carbocycles. The molecule has 13 heavy (non-hydrogen) atoms. The van der Waals surface area contributed by atoms with E-state index in [1.807, 2.05) is 6.92 Å². The van der Waals surface area contributed by atoms with Crippen LogP contribution in [0.5, 0.6) is 0 Å². The Morgan fingerprint density at radius 3 is 3.00 bits per heavy atom. The standard InChI is InChI=1S/C10H12O3/c1-7-9(3-5-13-7)10(11)8-2-4-12-6-8/h3,5,8H,2,4,6H2,1H3. The number of Topliss-reactive ketones (excluding diaryl/α,β-unsaturated/α-hetero) is 1. The maximum Gasteiger partial charge on any atom is 0.171 e. The minimum absolute atomic E-state index is 0.0382. The predicted molar refractivity (Wildman–Crippen MR) is 46.7 cm³/mol. The Morgan fingerprint density at radius 2 is 2.46 bits per heavy atom. The van der Waals surface area contributed by atoms with Crippen LogP contribution in [0.3, 0.4) is 0 Å². The van der Waals surface area contributed by atoms with E-state index in [-0.39, 0.29) is 11.7 Å². The third-order valence-corrected chi connectivity index (χ3v) is 2.42. The Labute approximate surface area is 76.7 Å². The lowest BCUT2D eigenvalue weighted by atomic mass is 9.98. The number of furan rings is 1. The SMILES string of the molecule is Cc1occc1C(=O)C1CCOC1. The van der Waals surface area contributed by atoms with Gasteiger partial charge >= 0.3 is 0 Å². The van der Waals surface area contributed by atoms with E-state index in [1.165, 1.54) is 0 Å². The van der Waals surface area contributed by atoms with Crippen LogP contribution in [-0.2, 0) is 4.74 Å². The molecule has 2 rings (SSSR count). The smallest absolute Gasteiger partial charge is 0.171 e. The van der Waals surface area contributed by atoms with Crippen molar-refractivity contribution in [3.63, 3.8) is 0 Å². The normalized spacial score (nSPS) is 22.1. The summed E-state index contributed by atoms with van der Waals surface area (Å²) in [5.74, 6) is 0.900. The quantitative estimate of drug-likeness (QED) is 0.651. The van der Waals surface area contributed by atoms with Crippen molar-refractivity contribution in [2.45, 2.75) is 13.3 Å². The van der Waals surface area contributed by atoms with Gasteiger partial charge in [0.25, 0.3) is 0 Å². The molecule has 70 valence electrons. The summed E-state index contributed by atoms with van der Waals surface area (Å²) in [5.41, 5.74) is 0.704. The molecule has 0 aliphatic carbocycles. The van der Waals surface area contributed by atoms with E-state index >= 15 is 0 Å². The largest absolute Gasteiger partial charge is 0.469 e. The van der Waals surface area contributed by atoms with E-state index in [4.69, 9.17) is 9.15 Å². The second kappa shape index (κ2) is 3.34. The molecular formula is C10H12O3. The van der Waals surface area contributed by atoms with Gasteiger partial charge in [-0.05, 0) is 19.4 Å². The molecule has 0 aromatic carbocycles. The van der Waals surface area contributed by atoms with Crippen LogP contribution >= 0.6 is 0 Å². The molecule has 3 nitrogen and oxygen atoms in total. The van der Waals surface area contributed by atoms with Crippen LogP contribution in [-0.4, -0.2) is 19.0 Å². The topological polar surface area (TPSA) is 39.4 Å². The van der Waals surface area contributed by atoms with Gasteiger partial charge in [-0.3, -0.25) is 4.79 Å². The highest BCUT2D eigenvalue weighted by molar-refractivity contribution is 5.98. The molecule has 1 unspecified atom stereocenters. The van der Waals surface area contributed by atoms with Gasteiger partial charge in [-0.1, -0.05) is 0 Å². The molecule has 0 radical (unpaired) electrons. The van der Waals surface area contributed by atoms with E-state index in [2.05, 4.69) is 0 Å². The molecule has 1 aliphatic rings. The van der Waals surface area contributed by atoms with Crippen molar-refractivity contribution in [3.8, 4) is 0 Å². The number of aryl methyl sites for hydroxylation is 1. The molecule has 1 aromatic rings. The second-order valence-electron chi connectivity index (χ2n) is 3.32. The van der Waals surface area contributed by atoms with Crippen molar-refractivity contribution in [2.24, 2.45) is 5.92 Å². The maximum atomic E-state index is 11.8. The first-order valence-electron chi connectivity index (χ1n) is 4.45. The maximum absolute atomic E-state index is 11.8. The molecule has 0 amide bonds. The van der Waals surface area contributed by atoms with E-state index in [0.29, 0.717) is 24.5 Å². The van der Waals surface area contributed by atoms with Crippen molar-refractivity contribution < 1.29 is 13.9 Å². The number of carbonyl (C=O) groups excluding carboxylic acids is 1. The fourth-order valence-electron chi connectivity index (χ4n) is 1.60. The van der Waals surface area contributed by atoms with Gasteiger partial charge in [0.05, 0.1) is 18.4 Å². The van der Waals surface area contributed by atoms with Gasteiger partial charge < -0.3 is 9.15 Å². The Kier molecular flexibility index (Phi) is 2.19. The van der Waals surface area contributed by atoms with Gasteiger partial charge in [-0.25, -0.2) is 0 Å². The molecule has 1 atom stereocenters. The first-order chi connectivity index (χ1) is 6.29. The van der Waals surface area contributed by atoms with Gasteiger partial charge in [0, 0.05) is 12.5 Å². The summed E-state index contributed by atoms with van der Waals surface area (Å²) in [4.78, 5) is 11.8. The highest BCUT2D eigenvalue weighted by Crippen LogP contribution is 2.20. The van der Waals surface area contributed by atoms with Crippen LogP contribution in [0.1, 0.15) is 22.5 Å². The zero-order valence-corrected chi connectivity index (χ0v) is 7.58. The summed E-state index contributed by atoms with van der Waals surface area (Å²) in [5, 5.41) is 0. The highest BCUT2D eigenvalue weighted by atomic mass is 16.5. The molecule has 3 heteroatoms. The van der Waals surface area contributed by atoms with E-state index in [1.54, 1.807) is 12.3 Å². The molecule has 1 fully saturated rings. The van der Waals surface area contributed by atoms with Crippen LogP contribution < -0.4 is 0 Å². The minimum atomic E-state index is 0.0382. The lowest BCUT2D eigenvalue weighted by Crippen LogP contribution is -2.14. The first-order valence-corrected chi connectivity index (χ1v) is 4.45.